The van der Waals surface area contributed by atoms with Gasteiger partial charge in [0.15, 0.2) is 0 Å². The van der Waals surface area contributed by atoms with Gasteiger partial charge in [0.05, 0.1) is 17.9 Å². The van der Waals surface area contributed by atoms with Gasteiger partial charge in [0.25, 0.3) is 0 Å². The molecule has 0 atom stereocenters. The summed E-state index contributed by atoms with van der Waals surface area (Å²) < 4.78 is 10.9. The molecule has 1 aromatic heterocycles. The number of hydrogen-bond acceptors (Lipinski definition) is 5. The van der Waals surface area contributed by atoms with Crippen molar-refractivity contribution < 1.29 is 14.3 Å². The van der Waals surface area contributed by atoms with Crippen LogP contribution in [0.25, 0.3) is 22.0 Å². The Morgan fingerprint density at radius 2 is 1.64 bits per heavy atom. The summed E-state index contributed by atoms with van der Waals surface area (Å²) in [6.45, 7) is 2.56. The molecule has 4 aromatic rings. The third kappa shape index (κ3) is 3.69. The number of hydrogen-bond donors (Lipinski definition) is 0. The van der Waals surface area contributed by atoms with Crippen molar-refractivity contribution in [3.8, 4) is 22.9 Å². The van der Waals surface area contributed by atoms with E-state index in [1.54, 1.807) is 18.2 Å². The van der Waals surface area contributed by atoms with E-state index in [9.17, 15) is 4.79 Å². The Kier molecular flexibility index (Phi) is 4.97. The van der Waals surface area contributed by atoms with Crippen LogP contribution in [0.5, 0.6) is 11.6 Å². The molecule has 28 heavy (non-hydrogen) atoms. The molecule has 0 fully saturated rings. The lowest BCUT2D eigenvalue weighted by Crippen LogP contribution is -2.10. The molecule has 1 heterocycles. The molecule has 0 unspecified atom stereocenters. The minimum absolute atomic E-state index is 0.160. The molecule has 0 bridgehead atoms. The normalized spacial score (nSPS) is 10.6. The second-order valence-corrected chi connectivity index (χ2v) is 6.13. The van der Waals surface area contributed by atoms with Gasteiger partial charge in [0.1, 0.15) is 5.75 Å². The zero-order valence-corrected chi connectivity index (χ0v) is 15.3. The number of esters is 1. The van der Waals surface area contributed by atoms with Gasteiger partial charge in [-0.05, 0) is 54.1 Å². The molecule has 5 nitrogen and oxygen atoms in total. The zero-order chi connectivity index (χ0) is 19.3. The maximum Gasteiger partial charge on any atom is 0.345 e. The molecule has 0 saturated carbocycles. The first-order valence-electron chi connectivity index (χ1n) is 9.01. The monoisotopic (exact) mass is 370 g/mol. The van der Waals surface area contributed by atoms with Crippen molar-refractivity contribution in [3.63, 3.8) is 0 Å². The van der Waals surface area contributed by atoms with Crippen LogP contribution in [-0.4, -0.2) is 22.8 Å². The summed E-state index contributed by atoms with van der Waals surface area (Å²) in [5.74, 6) is 0.507. The molecular formula is C23H18N2O3. The lowest BCUT2D eigenvalue weighted by molar-refractivity contribution is 0.0728. The minimum Gasteiger partial charge on any atom is -0.494 e. The van der Waals surface area contributed by atoms with E-state index >= 15 is 0 Å². The molecule has 0 aliphatic rings. The van der Waals surface area contributed by atoms with Crippen molar-refractivity contribution in [2.45, 2.75) is 6.92 Å². The molecule has 0 saturated heterocycles. The topological polar surface area (TPSA) is 61.3 Å². The van der Waals surface area contributed by atoms with E-state index in [2.05, 4.69) is 10.2 Å². The van der Waals surface area contributed by atoms with Crippen LogP contribution in [0, 0.1) is 0 Å². The van der Waals surface area contributed by atoms with Gasteiger partial charge in [-0.2, -0.15) is 0 Å². The van der Waals surface area contributed by atoms with E-state index in [1.165, 1.54) is 0 Å². The molecule has 0 N–H and O–H groups in total. The van der Waals surface area contributed by atoms with E-state index in [-0.39, 0.29) is 5.88 Å². The van der Waals surface area contributed by atoms with Gasteiger partial charge in [0, 0.05) is 11.6 Å². The standard InChI is InChI=1S/C23H18N2O3/c1-2-27-18-12-10-17(11-13-18)21-14-15-22(25-24-21)28-23(26)20-9-5-7-16-6-3-4-8-19(16)20/h3-15H,2H2,1H3. The van der Waals surface area contributed by atoms with Crippen LogP contribution in [0.1, 0.15) is 17.3 Å². The van der Waals surface area contributed by atoms with Crippen molar-refractivity contribution in [1.82, 2.24) is 10.2 Å². The van der Waals surface area contributed by atoms with Crippen LogP contribution in [0.2, 0.25) is 0 Å². The fraction of sp³-hybridized carbons (Fsp3) is 0.0870. The Hall–Kier alpha value is -3.73. The summed E-state index contributed by atoms with van der Waals surface area (Å²) in [4.78, 5) is 12.6. The van der Waals surface area contributed by atoms with Gasteiger partial charge in [-0.25, -0.2) is 4.79 Å². The molecule has 5 heteroatoms. The predicted molar refractivity (Wildman–Crippen MR) is 108 cm³/mol. The summed E-state index contributed by atoms with van der Waals surface area (Å²) in [6, 6.07) is 24.2. The Bertz CT molecular complexity index is 1100. The first kappa shape index (κ1) is 17.7. The van der Waals surface area contributed by atoms with Gasteiger partial charge in [0.2, 0.25) is 5.88 Å². The number of aromatic nitrogens is 2. The van der Waals surface area contributed by atoms with Crippen LogP contribution in [0.15, 0.2) is 78.9 Å². The van der Waals surface area contributed by atoms with Crippen LogP contribution in [-0.2, 0) is 0 Å². The van der Waals surface area contributed by atoms with Crippen molar-refractivity contribution in [3.05, 3.63) is 84.4 Å². The van der Waals surface area contributed by atoms with Crippen LogP contribution in [0.3, 0.4) is 0 Å². The maximum absolute atomic E-state index is 12.6. The fourth-order valence-corrected chi connectivity index (χ4v) is 2.97. The average molecular weight is 370 g/mol. The number of rotatable bonds is 5. The van der Waals surface area contributed by atoms with E-state index in [0.717, 1.165) is 22.1 Å². The number of benzene rings is 3. The lowest BCUT2D eigenvalue weighted by Gasteiger charge is -2.07. The van der Waals surface area contributed by atoms with Crippen molar-refractivity contribution in [1.29, 1.82) is 0 Å². The Balaban J connectivity index is 1.52. The van der Waals surface area contributed by atoms with E-state index < -0.39 is 5.97 Å². The zero-order valence-electron chi connectivity index (χ0n) is 15.3. The molecule has 0 aliphatic heterocycles. The van der Waals surface area contributed by atoms with Gasteiger partial charge in [-0.1, -0.05) is 36.4 Å². The summed E-state index contributed by atoms with van der Waals surface area (Å²) in [6.07, 6.45) is 0. The number of nitrogens with zero attached hydrogens (tertiary/aromatic N) is 2. The second kappa shape index (κ2) is 7.88. The van der Waals surface area contributed by atoms with Crippen LogP contribution < -0.4 is 9.47 Å². The molecular weight excluding hydrogens is 352 g/mol. The molecule has 0 spiro atoms. The van der Waals surface area contributed by atoms with Gasteiger partial charge >= 0.3 is 5.97 Å². The minimum atomic E-state index is -0.458. The predicted octanol–water partition coefficient (Wildman–Crippen LogP) is 4.91. The first-order valence-corrected chi connectivity index (χ1v) is 9.01. The Morgan fingerprint density at radius 1 is 0.857 bits per heavy atom. The molecule has 4 rings (SSSR count). The second-order valence-electron chi connectivity index (χ2n) is 6.13. The highest BCUT2D eigenvalue weighted by Gasteiger charge is 2.13. The fourth-order valence-electron chi connectivity index (χ4n) is 2.97. The number of carbonyl (C=O) groups excluding carboxylic acids is 1. The van der Waals surface area contributed by atoms with Gasteiger partial charge in [-0.3, -0.25) is 0 Å². The Morgan fingerprint density at radius 3 is 2.39 bits per heavy atom. The Labute approximate surface area is 162 Å². The number of ether oxygens (including phenoxy) is 2. The van der Waals surface area contributed by atoms with Gasteiger partial charge < -0.3 is 9.47 Å². The van der Waals surface area contributed by atoms with Gasteiger partial charge in [-0.15, -0.1) is 10.2 Å². The summed E-state index contributed by atoms with van der Waals surface area (Å²) in [5, 5.41) is 10.0. The first-order chi connectivity index (χ1) is 13.7. The maximum atomic E-state index is 12.6. The van der Waals surface area contributed by atoms with Crippen LogP contribution >= 0.6 is 0 Å². The van der Waals surface area contributed by atoms with Crippen molar-refractivity contribution >= 4 is 16.7 Å². The number of fused-ring (bicyclic) bond motifs is 1. The summed E-state index contributed by atoms with van der Waals surface area (Å²) in [7, 11) is 0. The van der Waals surface area contributed by atoms with E-state index in [4.69, 9.17) is 9.47 Å². The van der Waals surface area contributed by atoms with E-state index in [0.29, 0.717) is 17.9 Å². The third-order valence-electron chi connectivity index (χ3n) is 4.31. The lowest BCUT2D eigenvalue weighted by atomic mass is 10.1. The molecule has 0 amide bonds. The average Bonchev–Trinajstić information content (AvgIpc) is 2.75. The highest BCUT2D eigenvalue weighted by atomic mass is 16.5. The largest absolute Gasteiger partial charge is 0.494 e. The smallest absolute Gasteiger partial charge is 0.345 e. The molecule has 3 aromatic carbocycles. The van der Waals surface area contributed by atoms with E-state index in [1.807, 2.05) is 67.6 Å². The molecule has 0 aliphatic carbocycles. The summed E-state index contributed by atoms with van der Waals surface area (Å²) in [5.41, 5.74) is 2.09. The summed E-state index contributed by atoms with van der Waals surface area (Å²) >= 11 is 0. The molecule has 138 valence electrons. The highest BCUT2D eigenvalue weighted by molar-refractivity contribution is 6.05. The van der Waals surface area contributed by atoms with Crippen LogP contribution in [0.4, 0.5) is 0 Å². The number of carbonyl (C=O) groups is 1. The van der Waals surface area contributed by atoms with Crippen molar-refractivity contribution in [2.24, 2.45) is 0 Å². The highest BCUT2D eigenvalue weighted by Crippen LogP contribution is 2.23. The molecule has 0 radical (unpaired) electrons. The quantitative estimate of drug-likeness (QED) is 0.467. The van der Waals surface area contributed by atoms with Crippen molar-refractivity contribution in [2.75, 3.05) is 6.61 Å². The SMILES string of the molecule is CCOc1ccc(-c2ccc(OC(=O)c3cccc4ccccc34)nn2)cc1. The third-order valence-corrected chi connectivity index (χ3v) is 4.31.